The molecule has 3 nitrogen and oxygen atoms in total. The summed E-state index contributed by atoms with van der Waals surface area (Å²) in [7, 11) is 0. The van der Waals surface area contributed by atoms with Crippen LogP contribution in [0.5, 0.6) is 0 Å². The first-order valence-electron chi connectivity index (χ1n) is 9.97. The van der Waals surface area contributed by atoms with Crippen LogP contribution in [-0.2, 0) is 12.8 Å². The fourth-order valence-corrected chi connectivity index (χ4v) is 4.29. The van der Waals surface area contributed by atoms with Gasteiger partial charge in [0.25, 0.3) is 0 Å². The molecule has 3 heteroatoms. The van der Waals surface area contributed by atoms with Gasteiger partial charge in [-0.05, 0) is 55.6 Å². The van der Waals surface area contributed by atoms with E-state index in [0.29, 0.717) is 12.0 Å². The summed E-state index contributed by atoms with van der Waals surface area (Å²) in [5.41, 5.74) is 5.64. The van der Waals surface area contributed by atoms with E-state index in [9.17, 15) is 0 Å². The Morgan fingerprint density at radius 2 is 1.56 bits per heavy atom. The van der Waals surface area contributed by atoms with Gasteiger partial charge in [0.05, 0.1) is 0 Å². The minimum atomic E-state index is 0.458. The van der Waals surface area contributed by atoms with E-state index in [1.807, 2.05) is 0 Å². The van der Waals surface area contributed by atoms with E-state index in [0.717, 1.165) is 31.5 Å². The van der Waals surface area contributed by atoms with Crippen LogP contribution in [0.25, 0.3) is 0 Å². The second kappa shape index (κ2) is 7.55. The Morgan fingerprint density at radius 1 is 0.880 bits per heavy atom. The van der Waals surface area contributed by atoms with Gasteiger partial charge in [-0.15, -0.1) is 0 Å². The van der Waals surface area contributed by atoms with Crippen molar-refractivity contribution in [1.29, 1.82) is 0 Å². The number of rotatable bonds is 2. The largest absolute Gasteiger partial charge is 0.366 e. The number of nitrogens with one attached hydrogen (secondary N) is 1. The summed E-state index contributed by atoms with van der Waals surface area (Å²) < 4.78 is 0. The quantitative estimate of drug-likeness (QED) is 0.811. The third-order valence-electron chi connectivity index (χ3n) is 5.76. The van der Waals surface area contributed by atoms with Gasteiger partial charge in [-0.25, -0.2) is 9.97 Å². The third-order valence-corrected chi connectivity index (χ3v) is 5.76. The van der Waals surface area contributed by atoms with Gasteiger partial charge in [-0.2, -0.15) is 0 Å². The number of allylic oxidation sites excluding steroid dienone is 4. The van der Waals surface area contributed by atoms with Gasteiger partial charge in [-0.1, -0.05) is 50.5 Å². The fourth-order valence-electron chi connectivity index (χ4n) is 4.29. The molecule has 0 bridgehead atoms. The molecule has 1 N–H and O–H groups in total. The molecule has 4 rings (SSSR count). The summed E-state index contributed by atoms with van der Waals surface area (Å²) in [6.07, 6.45) is 22.0. The molecule has 132 valence electrons. The minimum absolute atomic E-state index is 0.458. The van der Waals surface area contributed by atoms with Gasteiger partial charge >= 0.3 is 0 Å². The highest BCUT2D eigenvalue weighted by molar-refractivity contribution is 5.50. The smallest absolute Gasteiger partial charge is 0.133 e. The molecule has 0 aromatic carbocycles. The maximum atomic E-state index is 4.63. The molecular formula is C22H29N3. The zero-order valence-corrected chi connectivity index (χ0v) is 15.3. The van der Waals surface area contributed by atoms with E-state index >= 15 is 0 Å². The normalized spacial score (nSPS) is 22.0. The van der Waals surface area contributed by atoms with Crippen LogP contribution >= 0.6 is 0 Å². The lowest BCUT2D eigenvalue weighted by Gasteiger charge is -2.18. The average Bonchev–Trinajstić information content (AvgIpc) is 2.97. The van der Waals surface area contributed by atoms with Crippen LogP contribution in [0.15, 0.2) is 41.8 Å². The zero-order valence-electron chi connectivity index (χ0n) is 15.3. The highest BCUT2D eigenvalue weighted by Gasteiger charge is 2.24. The molecule has 0 saturated heterocycles. The van der Waals surface area contributed by atoms with E-state index < -0.39 is 0 Å². The number of hydrogen-bond acceptors (Lipinski definition) is 3. The van der Waals surface area contributed by atoms with Gasteiger partial charge in [0.1, 0.15) is 12.1 Å². The predicted octanol–water partition coefficient (Wildman–Crippen LogP) is 5.16. The summed E-state index contributed by atoms with van der Waals surface area (Å²) in [5, 5.41) is 3.77. The van der Waals surface area contributed by atoms with Crippen LogP contribution < -0.4 is 5.32 Å². The van der Waals surface area contributed by atoms with Crippen LogP contribution in [-0.4, -0.2) is 16.0 Å². The first-order chi connectivity index (χ1) is 12.3. The van der Waals surface area contributed by atoms with Crippen LogP contribution in [0.4, 0.5) is 5.82 Å². The van der Waals surface area contributed by atoms with Gasteiger partial charge < -0.3 is 5.32 Å². The first-order valence-corrected chi connectivity index (χ1v) is 9.97. The summed E-state index contributed by atoms with van der Waals surface area (Å²) in [6.45, 7) is 2.24. The molecule has 0 fully saturated rings. The molecule has 3 aliphatic rings. The van der Waals surface area contributed by atoms with E-state index in [4.69, 9.17) is 0 Å². The Kier molecular flexibility index (Phi) is 5.00. The molecule has 1 aromatic heterocycles. The number of fused-ring (bicyclic) bond motifs is 1. The van der Waals surface area contributed by atoms with Crippen molar-refractivity contribution in [1.82, 2.24) is 9.97 Å². The summed E-state index contributed by atoms with van der Waals surface area (Å²) >= 11 is 0. The highest BCUT2D eigenvalue weighted by atomic mass is 15.0. The summed E-state index contributed by atoms with van der Waals surface area (Å²) in [5.74, 6) is 1.64. The molecule has 1 heterocycles. The second-order valence-corrected chi connectivity index (χ2v) is 7.79. The summed E-state index contributed by atoms with van der Waals surface area (Å²) in [6, 6.07) is 0.458. The Hall–Kier alpha value is -1.90. The number of hydrogen-bond donors (Lipinski definition) is 1. The Balaban J connectivity index is 1.50. The number of nitrogens with zero attached hydrogens (tertiary/aromatic N) is 2. The molecule has 0 radical (unpaired) electrons. The minimum Gasteiger partial charge on any atom is -0.366 e. The molecule has 0 atom stereocenters. The van der Waals surface area contributed by atoms with E-state index in [1.165, 1.54) is 54.5 Å². The van der Waals surface area contributed by atoms with E-state index in [1.54, 1.807) is 6.33 Å². The van der Waals surface area contributed by atoms with Crippen molar-refractivity contribution in [2.45, 2.75) is 70.8 Å². The molecule has 0 unspecified atom stereocenters. The van der Waals surface area contributed by atoms with Crippen molar-refractivity contribution in [2.24, 2.45) is 5.92 Å². The lowest BCUT2D eigenvalue weighted by molar-refractivity contribution is 0.628. The molecule has 0 aliphatic heterocycles. The topological polar surface area (TPSA) is 37.8 Å². The summed E-state index contributed by atoms with van der Waals surface area (Å²) in [4.78, 5) is 9.24. The van der Waals surface area contributed by atoms with Gasteiger partial charge in [-0.3, -0.25) is 0 Å². The number of aromatic nitrogens is 2. The zero-order chi connectivity index (χ0) is 17.1. The number of aryl methyl sites for hydroxylation is 1. The molecular weight excluding hydrogens is 306 g/mol. The number of anilines is 1. The van der Waals surface area contributed by atoms with Crippen molar-refractivity contribution in [3.8, 4) is 0 Å². The second-order valence-electron chi connectivity index (χ2n) is 7.79. The average molecular weight is 335 g/mol. The first kappa shape index (κ1) is 16.6. The van der Waals surface area contributed by atoms with Crippen LogP contribution in [0, 0.1) is 5.92 Å². The van der Waals surface area contributed by atoms with E-state index in [2.05, 4.69) is 46.5 Å². The third kappa shape index (κ3) is 3.86. The molecule has 3 aliphatic carbocycles. The predicted molar refractivity (Wildman–Crippen MR) is 104 cm³/mol. The monoisotopic (exact) mass is 335 g/mol. The van der Waals surface area contributed by atoms with Gasteiger partial charge in [0.15, 0.2) is 0 Å². The maximum absolute atomic E-state index is 4.63. The van der Waals surface area contributed by atoms with Crippen molar-refractivity contribution in [2.75, 3.05) is 5.32 Å². The van der Waals surface area contributed by atoms with Gasteiger partial charge in [0.2, 0.25) is 0 Å². The van der Waals surface area contributed by atoms with Crippen molar-refractivity contribution >= 4 is 5.82 Å². The Morgan fingerprint density at radius 3 is 2.32 bits per heavy atom. The van der Waals surface area contributed by atoms with Crippen molar-refractivity contribution < 1.29 is 0 Å². The Labute approximate surface area is 151 Å². The molecule has 1 aromatic rings. The molecule has 0 saturated carbocycles. The van der Waals surface area contributed by atoms with Crippen LogP contribution in [0.2, 0.25) is 0 Å². The van der Waals surface area contributed by atoms with Crippen LogP contribution in [0.3, 0.4) is 0 Å². The van der Waals surface area contributed by atoms with Gasteiger partial charge in [0, 0.05) is 17.3 Å². The van der Waals surface area contributed by atoms with Crippen LogP contribution in [0.1, 0.15) is 63.1 Å². The maximum Gasteiger partial charge on any atom is 0.133 e. The lowest BCUT2D eigenvalue weighted by atomic mass is 10.0. The molecule has 0 spiro atoms. The highest BCUT2D eigenvalue weighted by Crippen LogP contribution is 2.33. The lowest BCUT2D eigenvalue weighted by Crippen LogP contribution is -2.19. The van der Waals surface area contributed by atoms with E-state index in [-0.39, 0.29) is 0 Å². The molecule has 0 amide bonds. The molecule has 25 heavy (non-hydrogen) atoms. The van der Waals surface area contributed by atoms with Crippen molar-refractivity contribution in [3.05, 3.63) is 53.0 Å². The Bertz CT molecular complexity index is 688. The SMILES string of the molecule is CC1C=CC2=C(C=C1)CC(Nc1ncnc3c1CCCCCCC3)C2. The fraction of sp³-hybridized carbons (Fsp3) is 0.545. The standard InChI is InChI=1S/C22H29N3/c1-16-9-11-17-13-19(14-18(17)12-10-16)25-22-20-7-5-3-2-4-6-8-21(20)23-15-24-22/h9-12,15-16,19H,2-8,13-14H2,1H3,(H,23,24,25). The van der Waals surface area contributed by atoms with Crippen molar-refractivity contribution in [3.63, 3.8) is 0 Å².